The summed E-state index contributed by atoms with van der Waals surface area (Å²) in [7, 11) is 0. The predicted molar refractivity (Wildman–Crippen MR) is 69.5 cm³/mol. The predicted octanol–water partition coefficient (Wildman–Crippen LogP) is -1.19. The Morgan fingerprint density at radius 2 is 1.68 bits per heavy atom. The molecule has 7 heteroatoms. The van der Waals surface area contributed by atoms with Crippen LogP contribution in [-0.4, -0.2) is 34.7 Å². The van der Waals surface area contributed by atoms with Crippen LogP contribution >= 0.6 is 0 Å². The van der Waals surface area contributed by atoms with Crippen molar-refractivity contribution in [2.75, 3.05) is 0 Å². The second-order valence-corrected chi connectivity index (χ2v) is 5.49. The van der Waals surface area contributed by atoms with Crippen LogP contribution in [0.25, 0.3) is 0 Å². The summed E-state index contributed by atoms with van der Waals surface area (Å²) in [6.07, 6.45) is 0.0567. The fraction of sp³-hybridized carbons (Fsp3) is 0.333. The van der Waals surface area contributed by atoms with Crippen molar-refractivity contribution in [2.45, 2.75) is 26.3 Å². The molecule has 0 radical (unpaired) electrons. The van der Waals surface area contributed by atoms with E-state index in [0.717, 1.165) is 12.1 Å². The molecule has 0 aliphatic carbocycles. The first-order valence-electron chi connectivity index (χ1n) is 6.68. The van der Waals surface area contributed by atoms with E-state index in [1.165, 1.54) is 6.07 Å². The van der Waals surface area contributed by atoms with E-state index in [-0.39, 0.29) is 29.0 Å². The molecule has 7 nitrogen and oxygen atoms in total. The van der Waals surface area contributed by atoms with Crippen molar-refractivity contribution in [3.05, 3.63) is 34.9 Å². The summed E-state index contributed by atoms with van der Waals surface area (Å²) < 4.78 is 0. The molecule has 116 valence electrons. The van der Waals surface area contributed by atoms with Crippen LogP contribution < -0.4 is 10.2 Å². The number of imide groups is 1. The van der Waals surface area contributed by atoms with Crippen LogP contribution in [0.4, 0.5) is 0 Å². The number of benzene rings is 1. The number of rotatable bonds is 5. The Labute approximate surface area is 126 Å². The largest absolute Gasteiger partial charge is 0.548 e. The molecule has 0 bridgehead atoms. The van der Waals surface area contributed by atoms with E-state index in [4.69, 9.17) is 0 Å². The average molecular weight is 303 g/mol. The molecule has 0 saturated carbocycles. The van der Waals surface area contributed by atoms with E-state index in [0.29, 0.717) is 4.90 Å². The van der Waals surface area contributed by atoms with Crippen LogP contribution in [0.1, 0.15) is 51.3 Å². The van der Waals surface area contributed by atoms with Gasteiger partial charge in [0, 0.05) is 0 Å². The number of carbonyl (C=O) groups is 4. The van der Waals surface area contributed by atoms with Gasteiger partial charge in [-0.1, -0.05) is 19.9 Å². The summed E-state index contributed by atoms with van der Waals surface area (Å²) in [6, 6.07) is 1.95. The number of hydrogen-bond acceptors (Lipinski definition) is 6. The van der Waals surface area contributed by atoms with E-state index in [1.807, 2.05) is 0 Å². The van der Waals surface area contributed by atoms with Crippen LogP contribution in [0, 0.1) is 5.92 Å². The normalized spacial score (nSPS) is 15.1. The van der Waals surface area contributed by atoms with Gasteiger partial charge in [0.15, 0.2) is 0 Å². The second-order valence-electron chi connectivity index (χ2n) is 5.49. The molecular weight excluding hydrogens is 290 g/mol. The van der Waals surface area contributed by atoms with Crippen molar-refractivity contribution >= 4 is 23.8 Å². The molecule has 0 aromatic heterocycles. The second kappa shape index (κ2) is 5.59. The van der Waals surface area contributed by atoms with Gasteiger partial charge in [-0.2, -0.15) is 0 Å². The number of nitrogens with zero attached hydrogens (tertiary/aromatic N) is 1. The van der Waals surface area contributed by atoms with Crippen molar-refractivity contribution in [3.63, 3.8) is 0 Å². The molecule has 0 fully saturated rings. The number of carboxylic acid groups (broad SMARTS) is 2. The smallest absolute Gasteiger partial charge is 0.262 e. The number of aliphatic carboxylic acids is 1. The molecule has 2 rings (SSSR count). The molecule has 1 aromatic carbocycles. The molecule has 1 atom stereocenters. The molecular formula is C15H13NO6-2. The third-order valence-electron chi connectivity index (χ3n) is 3.43. The average Bonchev–Trinajstić information content (AvgIpc) is 2.67. The molecule has 1 aliphatic rings. The van der Waals surface area contributed by atoms with Crippen LogP contribution in [0.5, 0.6) is 0 Å². The summed E-state index contributed by atoms with van der Waals surface area (Å²) in [5.41, 5.74) is -0.415. The molecule has 0 unspecified atom stereocenters. The highest BCUT2D eigenvalue weighted by Crippen LogP contribution is 2.27. The topological polar surface area (TPSA) is 118 Å². The van der Waals surface area contributed by atoms with Crippen molar-refractivity contribution < 1.29 is 29.4 Å². The monoisotopic (exact) mass is 303 g/mol. The van der Waals surface area contributed by atoms with Gasteiger partial charge in [-0.25, -0.2) is 0 Å². The molecule has 0 spiro atoms. The summed E-state index contributed by atoms with van der Waals surface area (Å²) in [6.45, 7) is 3.50. The number of fused-ring (bicyclic) bond motifs is 1. The van der Waals surface area contributed by atoms with Gasteiger partial charge >= 0.3 is 0 Å². The lowest BCUT2D eigenvalue weighted by Gasteiger charge is -2.28. The van der Waals surface area contributed by atoms with Gasteiger partial charge in [-0.15, -0.1) is 0 Å². The van der Waals surface area contributed by atoms with E-state index < -0.39 is 29.8 Å². The zero-order valence-corrected chi connectivity index (χ0v) is 12.0. The van der Waals surface area contributed by atoms with Gasteiger partial charge in [0.1, 0.15) is 0 Å². The first-order chi connectivity index (χ1) is 10.2. The third-order valence-corrected chi connectivity index (χ3v) is 3.43. The quantitative estimate of drug-likeness (QED) is 0.631. The Hall–Kier alpha value is -2.70. The lowest BCUT2D eigenvalue weighted by Crippen LogP contribution is -2.51. The zero-order chi connectivity index (χ0) is 16.6. The minimum Gasteiger partial charge on any atom is -0.548 e. The van der Waals surface area contributed by atoms with E-state index in [2.05, 4.69) is 0 Å². The molecule has 22 heavy (non-hydrogen) atoms. The fourth-order valence-corrected chi connectivity index (χ4v) is 2.42. The van der Waals surface area contributed by atoms with Crippen molar-refractivity contribution in [3.8, 4) is 0 Å². The molecule has 1 aromatic rings. The highest BCUT2D eigenvalue weighted by atomic mass is 16.4. The maximum absolute atomic E-state index is 12.3. The Kier molecular flexibility index (Phi) is 3.99. The van der Waals surface area contributed by atoms with Gasteiger partial charge < -0.3 is 19.8 Å². The van der Waals surface area contributed by atoms with Crippen LogP contribution in [-0.2, 0) is 4.79 Å². The zero-order valence-electron chi connectivity index (χ0n) is 12.0. The fourth-order valence-electron chi connectivity index (χ4n) is 2.42. The molecule has 1 aliphatic heterocycles. The maximum Gasteiger partial charge on any atom is 0.262 e. The maximum atomic E-state index is 12.3. The Morgan fingerprint density at radius 3 is 2.18 bits per heavy atom. The minimum absolute atomic E-state index is 0.0231. The highest BCUT2D eigenvalue weighted by molar-refractivity contribution is 6.23. The SMILES string of the molecule is CC(C)C[C@@H](C(=O)[O-])N1C(=O)c2ccc(C(=O)[O-])cc2C1=O. The van der Waals surface area contributed by atoms with Crippen LogP contribution in [0.15, 0.2) is 18.2 Å². The Bertz CT molecular complexity index is 679. The van der Waals surface area contributed by atoms with Crippen molar-refractivity contribution in [2.24, 2.45) is 5.92 Å². The molecule has 0 saturated heterocycles. The molecule has 0 N–H and O–H groups in total. The van der Waals surface area contributed by atoms with E-state index >= 15 is 0 Å². The number of carbonyl (C=O) groups excluding carboxylic acids is 4. The van der Waals surface area contributed by atoms with Gasteiger partial charge in [-0.3, -0.25) is 14.5 Å². The van der Waals surface area contributed by atoms with Gasteiger partial charge in [0.2, 0.25) is 0 Å². The van der Waals surface area contributed by atoms with Crippen LogP contribution in [0.2, 0.25) is 0 Å². The first-order valence-corrected chi connectivity index (χ1v) is 6.68. The summed E-state index contributed by atoms with van der Waals surface area (Å²) in [5, 5.41) is 22.1. The number of carboxylic acids is 2. The van der Waals surface area contributed by atoms with E-state index in [1.54, 1.807) is 13.8 Å². The summed E-state index contributed by atoms with van der Waals surface area (Å²) >= 11 is 0. The lowest BCUT2D eigenvalue weighted by atomic mass is 10.0. The first kappa shape index (κ1) is 15.7. The van der Waals surface area contributed by atoms with E-state index in [9.17, 15) is 29.4 Å². The standard InChI is InChI=1S/C15H15NO6/c1-7(2)5-11(15(21)22)16-12(17)9-4-3-8(14(19)20)6-10(9)13(16)18/h3-4,6-7,11H,5H2,1-2H3,(H,19,20)(H,21,22)/p-2/t11-/m0/s1. The van der Waals surface area contributed by atoms with Gasteiger partial charge in [-0.05, 0) is 30.0 Å². The third kappa shape index (κ3) is 2.57. The Morgan fingerprint density at radius 1 is 1.09 bits per heavy atom. The van der Waals surface area contributed by atoms with Gasteiger partial charge in [0.05, 0.1) is 29.1 Å². The Balaban J connectivity index is 2.45. The van der Waals surface area contributed by atoms with Crippen LogP contribution in [0.3, 0.4) is 0 Å². The summed E-state index contributed by atoms with van der Waals surface area (Å²) in [4.78, 5) is 47.3. The number of aromatic carboxylic acids is 1. The van der Waals surface area contributed by atoms with Gasteiger partial charge in [0.25, 0.3) is 11.8 Å². The van der Waals surface area contributed by atoms with Crippen molar-refractivity contribution in [1.82, 2.24) is 4.90 Å². The lowest BCUT2D eigenvalue weighted by molar-refractivity contribution is -0.310. The van der Waals surface area contributed by atoms with Crippen molar-refractivity contribution in [1.29, 1.82) is 0 Å². The molecule has 1 heterocycles. The highest BCUT2D eigenvalue weighted by Gasteiger charge is 2.40. The summed E-state index contributed by atoms with van der Waals surface area (Å²) in [5.74, 6) is -4.69. The minimum atomic E-state index is -1.52. The number of amides is 2. The number of hydrogen-bond donors (Lipinski definition) is 0. The molecule has 2 amide bonds.